The lowest BCUT2D eigenvalue weighted by molar-refractivity contribution is -0.0246. The standard InChI is InChI=1S/C16H33N3O/c1-4-19-11-7-14(8-12-19)18(2)16(13-17)9-5-15(20-3)6-10-16/h14-15H,4-13,17H2,1-3H3. The van der Waals surface area contributed by atoms with Gasteiger partial charge in [-0.15, -0.1) is 0 Å². The lowest BCUT2D eigenvalue weighted by Crippen LogP contribution is -2.59. The van der Waals surface area contributed by atoms with Crippen LogP contribution in [0.1, 0.15) is 45.4 Å². The van der Waals surface area contributed by atoms with Crippen LogP contribution in [0.25, 0.3) is 0 Å². The van der Waals surface area contributed by atoms with Gasteiger partial charge in [0.25, 0.3) is 0 Å². The molecule has 0 aromatic carbocycles. The second-order valence-electron chi connectivity index (χ2n) is 6.64. The fourth-order valence-electron chi connectivity index (χ4n) is 4.08. The molecule has 0 aromatic rings. The predicted octanol–water partition coefficient (Wildman–Crippen LogP) is 1.69. The van der Waals surface area contributed by atoms with Gasteiger partial charge < -0.3 is 15.4 Å². The first kappa shape index (κ1) is 16.2. The highest BCUT2D eigenvalue weighted by atomic mass is 16.5. The van der Waals surface area contributed by atoms with Crippen molar-refractivity contribution >= 4 is 0 Å². The van der Waals surface area contributed by atoms with Gasteiger partial charge in [-0.3, -0.25) is 4.90 Å². The smallest absolute Gasteiger partial charge is 0.0572 e. The maximum Gasteiger partial charge on any atom is 0.0572 e. The third-order valence-corrected chi connectivity index (χ3v) is 5.88. The highest BCUT2D eigenvalue weighted by molar-refractivity contribution is 4.98. The molecule has 0 atom stereocenters. The molecular weight excluding hydrogens is 250 g/mol. The van der Waals surface area contributed by atoms with E-state index in [1.807, 2.05) is 7.11 Å². The molecule has 0 spiro atoms. The number of nitrogens with two attached hydrogens (primary N) is 1. The second-order valence-corrected chi connectivity index (χ2v) is 6.64. The number of hydrogen-bond acceptors (Lipinski definition) is 4. The summed E-state index contributed by atoms with van der Waals surface area (Å²) in [6, 6.07) is 0.709. The van der Waals surface area contributed by atoms with Crippen molar-refractivity contribution in [2.24, 2.45) is 5.73 Å². The summed E-state index contributed by atoms with van der Waals surface area (Å²) < 4.78 is 5.52. The van der Waals surface area contributed by atoms with Crippen LogP contribution in [0.3, 0.4) is 0 Å². The molecule has 1 heterocycles. The van der Waals surface area contributed by atoms with Crippen molar-refractivity contribution in [2.45, 2.75) is 63.1 Å². The number of hydrogen-bond donors (Lipinski definition) is 1. The van der Waals surface area contributed by atoms with Crippen LogP contribution < -0.4 is 5.73 Å². The lowest BCUT2D eigenvalue weighted by Gasteiger charge is -2.50. The van der Waals surface area contributed by atoms with Crippen molar-refractivity contribution in [1.29, 1.82) is 0 Å². The van der Waals surface area contributed by atoms with Crippen molar-refractivity contribution in [3.8, 4) is 0 Å². The van der Waals surface area contributed by atoms with Gasteiger partial charge in [-0.05, 0) is 65.2 Å². The normalized spacial score (nSPS) is 33.8. The molecule has 1 saturated carbocycles. The van der Waals surface area contributed by atoms with E-state index in [9.17, 15) is 0 Å². The Hall–Kier alpha value is -0.160. The van der Waals surface area contributed by atoms with Gasteiger partial charge >= 0.3 is 0 Å². The summed E-state index contributed by atoms with van der Waals surface area (Å²) in [4.78, 5) is 5.19. The fourth-order valence-corrected chi connectivity index (χ4v) is 4.08. The summed E-state index contributed by atoms with van der Waals surface area (Å²) in [5, 5.41) is 0. The minimum Gasteiger partial charge on any atom is -0.381 e. The monoisotopic (exact) mass is 283 g/mol. The Labute approximate surface area is 124 Å². The minimum absolute atomic E-state index is 0.216. The third kappa shape index (κ3) is 3.35. The van der Waals surface area contributed by atoms with Gasteiger partial charge in [0.1, 0.15) is 0 Å². The van der Waals surface area contributed by atoms with E-state index in [4.69, 9.17) is 10.5 Å². The SMILES string of the molecule is CCN1CCC(N(C)C2(CN)CCC(OC)CC2)CC1. The summed E-state index contributed by atoms with van der Waals surface area (Å²) in [5.41, 5.74) is 6.41. The highest BCUT2D eigenvalue weighted by Crippen LogP contribution is 2.36. The van der Waals surface area contributed by atoms with Crippen molar-refractivity contribution in [3.63, 3.8) is 0 Å². The zero-order chi connectivity index (χ0) is 14.6. The average molecular weight is 283 g/mol. The Morgan fingerprint density at radius 3 is 2.25 bits per heavy atom. The van der Waals surface area contributed by atoms with Crippen LogP contribution in [-0.2, 0) is 4.74 Å². The van der Waals surface area contributed by atoms with E-state index in [1.165, 1.54) is 45.3 Å². The number of methoxy groups -OCH3 is 1. The Balaban J connectivity index is 1.94. The molecule has 2 fully saturated rings. The van der Waals surface area contributed by atoms with Crippen molar-refractivity contribution in [3.05, 3.63) is 0 Å². The van der Waals surface area contributed by atoms with Crippen LogP contribution in [0.15, 0.2) is 0 Å². The topological polar surface area (TPSA) is 41.7 Å². The molecule has 1 aliphatic heterocycles. The first-order chi connectivity index (χ1) is 9.65. The summed E-state index contributed by atoms with van der Waals surface area (Å²) >= 11 is 0. The number of ether oxygens (including phenoxy) is 1. The molecule has 20 heavy (non-hydrogen) atoms. The van der Waals surface area contributed by atoms with Crippen LogP contribution >= 0.6 is 0 Å². The molecule has 2 rings (SSSR count). The average Bonchev–Trinajstić information content (AvgIpc) is 2.54. The summed E-state index contributed by atoms with van der Waals surface area (Å²) in [5.74, 6) is 0. The minimum atomic E-state index is 0.216. The Kier molecular flexibility index (Phi) is 5.84. The maximum atomic E-state index is 6.19. The van der Waals surface area contributed by atoms with Crippen molar-refractivity contribution < 1.29 is 4.74 Å². The molecule has 4 heteroatoms. The maximum absolute atomic E-state index is 6.19. The molecule has 0 unspecified atom stereocenters. The largest absolute Gasteiger partial charge is 0.381 e. The molecule has 1 aliphatic carbocycles. The van der Waals surface area contributed by atoms with E-state index in [2.05, 4.69) is 23.8 Å². The molecule has 0 bridgehead atoms. The summed E-state index contributed by atoms with van der Waals surface area (Å²) in [6.45, 7) is 6.72. The number of likely N-dealkylation sites (N-methyl/N-ethyl adjacent to an activating group) is 1. The van der Waals surface area contributed by atoms with Crippen LogP contribution in [0, 0.1) is 0 Å². The van der Waals surface area contributed by atoms with Gasteiger partial charge in [0.05, 0.1) is 6.10 Å². The molecule has 4 nitrogen and oxygen atoms in total. The Morgan fingerprint density at radius 1 is 1.20 bits per heavy atom. The first-order valence-electron chi connectivity index (χ1n) is 8.33. The fraction of sp³-hybridized carbons (Fsp3) is 1.00. The lowest BCUT2D eigenvalue weighted by atomic mass is 9.78. The van der Waals surface area contributed by atoms with Crippen molar-refractivity contribution in [1.82, 2.24) is 9.80 Å². The van der Waals surface area contributed by atoms with Crippen molar-refractivity contribution in [2.75, 3.05) is 40.3 Å². The molecule has 118 valence electrons. The van der Waals surface area contributed by atoms with Gasteiger partial charge in [-0.2, -0.15) is 0 Å². The van der Waals surface area contributed by atoms with Crippen LogP contribution in [0.2, 0.25) is 0 Å². The number of piperidine rings is 1. The van der Waals surface area contributed by atoms with Crippen LogP contribution in [0.5, 0.6) is 0 Å². The van der Waals surface area contributed by atoms with E-state index in [0.29, 0.717) is 12.1 Å². The number of nitrogens with zero attached hydrogens (tertiary/aromatic N) is 2. The van der Waals surface area contributed by atoms with Gasteiger partial charge in [0.15, 0.2) is 0 Å². The quantitative estimate of drug-likeness (QED) is 0.834. The van der Waals surface area contributed by atoms with Gasteiger partial charge in [0, 0.05) is 25.2 Å². The van der Waals surface area contributed by atoms with Gasteiger partial charge in [0.2, 0.25) is 0 Å². The molecule has 0 aromatic heterocycles. The van der Waals surface area contributed by atoms with Crippen LogP contribution in [0.4, 0.5) is 0 Å². The Morgan fingerprint density at radius 2 is 1.80 bits per heavy atom. The van der Waals surface area contributed by atoms with Crippen LogP contribution in [-0.4, -0.2) is 67.8 Å². The van der Waals surface area contributed by atoms with Gasteiger partial charge in [-0.25, -0.2) is 0 Å². The molecule has 2 N–H and O–H groups in total. The summed E-state index contributed by atoms with van der Waals surface area (Å²) in [6.07, 6.45) is 7.72. The van der Waals surface area contributed by atoms with E-state index in [1.54, 1.807) is 0 Å². The zero-order valence-corrected chi connectivity index (χ0v) is 13.6. The Bertz CT molecular complexity index is 281. The van der Waals surface area contributed by atoms with Gasteiger partial charge in [-0.1, -0.05) is 6.92 Å². The van der Waals surface area contributed by atoms with E-state index in [-0.39, 0.29) is 5.54 Å². The zero-order valence-electron chi connectivity index (χ0n) is 13.6. The molecule has 0 radical (unpaired) electrons. The molecule has 0 amide bonds. The first-order valence-corrected chi connectivity index (χ1v) is 8.33. The predicted molar refractivity (Wildman–Crippen MR) is 83.9 cm³/mol. The van der Waals surface area contributed by atoms with E-state index in [0.717, 1.165) is 19.4 Å². The van der Waals surface area contributed by atoms with E-state index < -0.39 is 0 Å². The summed E-state index contributed by atoms with van der Waals surface area (Å²) in [7, 11) is 4.15. The molecular formula is C16H33N3O. The molecule has 2 aliphatic rings. The number of likely N-dealkylation sites (tertiary alicyclic amines) is 1. The van der Waals surface area contributed by atoms with E-state index >= 15 is 0 Å². The second kappa shape index (κ2) is 7.21. The third-order valence-electron chi connectivity index (χ3n) is 5.88. The number of rotatable bonds is 5. The molecule has 1 saturated heterocycles. The highest BCUT2D eigenvalue weighted by Gasteiger charge is 2.40.